The number of benzene rings is 3. The zero-order valence-electron chi connectivity index (χ0n) is 17.5. The van der Waals surface area contributed by atoms with Gasteiger partial charge in [-0.3, -0.25) is 14.9 Å². The highest BCUT2D eigenvalue weighted by atomic mass is 127. The number of nitrogens with one attached hydrogen (secondary N) is 1. The van der Waals surface area contributed by atoms with E-state index in [2.05, 4.69) is 55.7 Å². The highest BCUT2D eigenvalue weighted by Gasteiger charge is 2.15. The molecule has 33 heavy (non-hydrogen) atoms. The van der Waals surface area contributed by atoms with Gasteiger partial charge in [-0.05, 0) is 80.6 Å². The Morgan fingerprint density at radius 1 is 1.15 bits per heavy atom. The van der Waals surface area contributed by atoms with Gasteiger partial charge in [-0.2, -0.15) is 5.10 Å². The van der Waals surface area contributed by atoms with Crippen LogP contribution in [0, 0.1) is 17.3 Å². The zero-order valence-corrected chi connectivity index (χ0v) is 21.8. The summed E-state index contributed by atoms with van der Waals surface area (Å²) in [5.41, 5.74) is 4.36. The monoisotopic (exact) mass is 671 g/mol. The topological polar surface area (TPSA) is 103 Å². The van der Waals surface area contributed by atoms with Crippen molar-refractivity contribution in [3.05, 3.63) is 94.6 Å². The third-order valence-corrected chi connectivity index (χ3v) is 6.01. The van der Waals surface area contributed by atoms with Crippen LogP contribution in [0.25, 0.3) is 0 Å². The molecular weight excluding hydrogens is 652 g/mol. The number of nitro groups is 1. The number of hydrogen-bond donors (Lipinski definition) is 1. The number of rotatable bonds is 9. The summed E-state index contributed by atoms with van der Waals surface area (Å²) < 4.78 is 13.4. The van der Waals surface area contributed by atoms with E-state index in [0.717, 1.165) is 12.7 Å². The van der Waals surface area contributed by atoms with Crippen molar-refractivity contribution in [2.75, 3.05) is 7.11 Å². The van der Waals surface area contributed by atoms with Gasteiger partial charge in [0, 0.05) is 15.2 Å². The first-order valence-electron chi connectivity index (χ1n) is 9.66. The fraction of sp³-hybridized carbons (Fsp3) is 0.130. The van der Waals surface area contributed by atoms with Crippen LogP contribution in [-0.2, 0) is 17.8 Å². The molecule has 0 aliphatic heterocycles. The molecule has 0 aliphatic carbocycles. The number of amides is 1. The fourth-order valence-corrected chi connectivity index (χ4v) is 4.06. The number of nitrogens with zero attached hydrogens (tertiary/aromatic N) is 2. The Hall–Kier alpha value is -2.74. The summed E-state index contributed by atoms with van der Waals surface area (Å²) in [6, 6.07) is 17.8. The lowest BCUT2D eigenvalue weighted by Crippen LogP contribution is -2.20. The molecule has 3 aromatic carbocycles. The van der Waals surface area contributed by atoms with Crippen LogP contribution in [0.4, 0.5) is 5.69 Å². The Morgan fingerprint density at radius 2 is 1.88 bits per heavy atom. The maximum absolute atomic E-state index is 12.2. The van der Waals surface area contributed by atoms with Crippen molar-refractivity contribution >= 4 is 63.0 Å². The molecule has 8 nitrogen and oxygen atoms in total. The Kier molecular flexibility index (Phi) is 9.00. The summed E-state index contributed by atoms with van der Waals surface area (Å²) in [6.07, 6.45) is 1.32. The van der Waals surface area contributed by atoms with Crippen LogP contribution in [0.2, 0.25) is 0 Å². The first kappa shape index (κ1) is 24.9. The first-order valence-corrected chi connectivity index (χ1v) is 11.8. The third-order valence-electron chi connectivity index (χ3n) is 4.49. The summed E-state index contributed by atoms with van der Waals surface area (Å²) in [6.45, 7) is 0.401. The van der Waals surface area contributed by atoms with Crippen LogP contribution >= 0.6 is 45.2 Å². The van der Waals surface area contributed by atoms with E-state index < -0.39 is 10.8 Å². The number of nitro benzene ring substituents is 1. The van der Waals surface area contributed by atoms with E-state index in [4.69, 9.17) is 9.47 Å². The number of para-hydroxylation sites is 1. The Balaban J connectivity index is 1.65. The summed E-state index contributed by atoms with van der Waals surface area (Å²) in [5, 5.41) is 15.0. The smallest absolute Gasteiger partial charge is 0.273 e. The number of methoxy groups -OCH3 is 1. The lowest BCUT2D eigenvalue weighted by atomic mass is 10.1. The number of hydrazone groups is 1. The lowest BCUT2D eigenvalue weighted by molar-refractivity contribution is -0.385. The van der Waals surface area contributed by atoms with E-state index in [1.165, 1.54) is 12.3 Å². The average molecular weight is 671 g/mol. The highest BCUT2D eigenvalue weighted by molar-refractivity contribution is 14.1. The molecule has 0 fully saturated rings. The normalized spacial score (nSPS) is 10.8. The Bertz CT molecular complexity index is 1180. The van der Waals surface area contributed by atoms with Gasteiger partial charge < -0.3 is 9.47 Å². The second-order valence-electron chi connectivity index (χ2n) is 6.81. The standard InChI is InChI=1S/C23H19I2N3O5/c1-32-21-11-16(10-19(25)23(21)33-14-15-6-8-18(24)9-7-15)13-26-27-22(29)12-17-4-2-3-5-20(17)28(30)31/h2-11,13H,12,14H2,1H3,(H,27,29)/b26-13+. The lowest BCUT2D eigenvalue weighted by Gasteiger charge is -2.13. The van der Waals surface area contributed by atoms with Crippen molar-refractivity contribution in [3.63, 3.8) is 0 Å². The summed E-state index contributed by atoms with van der Waals surface area (Å²) in [7, 11) is 1.55. The quantitative estimate of drug-likeness (QED) is 0.148. The van der Waals surface area contributed by atoms with Gasteiger partial charge in [0.15, 0.2) is 11.5 Å². The van der Waals surface area contributed by atoms with Crippen LogP contribution in [0.15, 0.2) is 65.8 Å². The molecule has 0 aliphatic rings. The van der Waals surface area contributed by atoms with Crippen molar-refractivity contribution in [2.45, 2.75) is 13.0 Å². The van der Waals surface area contributed by atoms with E-state index in [0.29, 0.717) is 29.2 Å². The largest absolute Gasteiger partial charge is 0.493 e. The van der Waals surface area contributed by atoms with Gasteiger partial charge in [0.25, 0.3) is 5.69 Å². The molecule has 0 radical (unpaired) electrons. The molecule has 0 heterocycles. The highest BCUT2D eigenvalue weighted by Crippen LogP contribution is 2.34. The molecule has 0 unspecified atom stereocenters. The van der Waals surface area contributed by atoms with Gasteiger partial charge in [0.05, 0.1) is 28.2 Å². The predicted octanol–water partition coefficient (Wildman–Crippen LogP) is 5.08. The average Bonchev–Trinajstić information content (AvgIpc) is 2.79. The minimum atomic E-state index is -0.512. The molecule has 0 atom stereocenters. The van der Waals surface area contributed by atoms with Crippen LogP contribution in [0.5, 0.6) is 11.5 Å². The summed E-state index contributed by atoms with van der Waals surface area (Å²) in [5.74, 6) is 0.703. The molecule has 0 saturated heterocycles. The van der Waals surface area contributed by atoms with E-state index in [-0.39, 0.29) is 12.1 Å². The summed E-state index contributed by atoms with van der Waals surface area (Å²) >= 11 is 4.41. The molecule has 0 aromatic heterocycles. The zero-order chi connectivity index (χ0) is 23.8. The Labute approximate surface area is 217 Å². The van der Waals surface area contributed by atoms with Crippen molar-refractivity contribution < 1.29 is 19.2 Å². The number of carbonyl (C=O) groups excluding carboxylic acids is 1. The number of carbonyl (C=O) groups is 1. The SMILES string of the molecule is COc1cc(/C=N/NC(=O)Cc2ccccc2[N+](=O)[O-])cc(I)c1OCc1ccc(I)cc1. The van der Waals surface area contributed by atoms with Crippen molar-refractivity contribution in [2.24, 2.45) is 5.10 Å². The molecular formula is C23H19I2N3O5. The molecule has 170 valence electrons. The molecule has 3 rings (SSSR count). The van der Waals surface area contributed by atoms with Crippen molar-refractivity contribution in [1.82, 2.24) is 5.43 Å². The van der Waals surface area contributed by atoms with Crippen LogP contribution < -0.4 is 14.9 Å². The van der Waals surface area contributed by atoms with E-state index in [1.54, 1.807) is 31.4 Å². The molecule has 1 N–H and O–H groups in total. The third kappa shape index (κ3) is 7.12. The molecule has 0 spiro atoms. The Morgan fingerprint density at radius 3 is 2.58 bits per heavy atom. The van der Waals surface area contributed by atoms with E-state index in [9.17, 15) is 14.9 Å². The molecule has 0 bridgehead atoms. The second kappa shape index (κ2) is 11.9. The van der Waals surface area contributed by atoms with Gasteiger partial charge in [-0.15, -0.1) is 0 Å². The molecule has 3 aromatic rings. The van der Waals surface area contributed by atoms with Crippen LogP contribution in [-0.4, -0.2) is 24.2 Å². The molecule has 0 saturated carbocycles. The van der Waals surface area contributed by atoms with Gasteiger partial charge in [-0.25, -0.2) is 5.43 Å². The molecule has 10 heteroatoms. The van der Waals surface area contributed by atoms with Crippen molar-refractivity contribution in [3.8, 4) is 11.5 Å². The predicted molar refractivity (Wildman–Crippen MR) is 142 cm³/mol. The van der Waals surface area contributed by atoms with Crippen LogP contribution in [0.1, 0.15) is 16.7 Å². The van der Waals surface area contributed by atoms with Gasteiger partial charge in [0.1, 0.15) is 6.61 Å². The van der Waals surface area contributed by atoms with Crippen LogP contribution in [0.3, 0.4) is 0 Å². The van der Waals surface area contributed by atoms with Gasteiger partial charge >= 0.3 is 0 Å². The minimum Gasteiger partial charge on any atom is -0.493 e. The maximum atomic E-state index is 12.2. The second-order valence-corrected chi connectivity index (χ2v) is 9.21. The van der Waals surface area contributed by atoms with Gasteiger partial charge in [-0.1, -0.05) is 30.3 Å². The van der Waals surface area contributed by atoms with Crippen molar-refractivity contribution in [1.29, 1.82) is 0 Å². The minimum absolute atomic E-state index is 0.100. The van der Waals surface area contributed by atoms with E-state index >= 15 is 0 Å². The fourth-order valence-electron chi connectivity index (χ4n) is 2.92. The first-order chi connectivity index (χ1) is 15.9. The maximum Gasteiger partial charge on any atom is 0.273 e. The number of hydrogen-bond acceptors (Lipinski definition) is 6. The molecule has 1 amide bonds. The number of ether oxygens (including phenoxy) is 2. The number of halogens is 2. The van der Waals surface area contributed by atoms with E-state index in [1.807, 2.05) is 30.3 Å². The summed E-state index contributed by atoms with van der Waals surface area (Å²) in [4.78, 5) is 22.7. The van der Waals surface area contributed by atoms with Gasteiger partial charge in [0.2, 0.25) is 5.91 Å².